The molecular weight excluding hydrogens is 244 g/mol. The van der Waals surface area contributed by atoms with Gasteiger partial charge in [-0.3, -0.25) is 0 Å². The minimum absolute atomic E-state index is 0.387. The summed E-state index contributed by atoms with van der Waals surface area (Å²) in [7, 11) is 0. The average molecular weight is 264 g/mol. The van der Waals surface area contributed by atoms with Gasteiger partial charge in [0.15, 0.2) is 0 Å². The lowest BCUT2D eigenvalue weighted by Gasteiger charge is -2.56. The first-order valence-electron chi connectivity index (χ1n) is 6.48. The molecule has 0 amide bonds. The molecule has 1 aliphatic heterocycles. The standard InChI is InChI=1S/C13H20N4S/c1-8(2)10-13(4,5)7-16(10)12-15-17-6-9(3)14-11(17)18-12/h6,8,10H,7H2,1-5H3. The summed E-state index contributed by atoms with van der Waals surface area (Å²) in [5.41, 5.74) is 1.42. The topological polar surface area (TPSA) is 33.4 Å². The van der Waals surface area contributed by atoms with Gasteiger partial charge in [0.2, 0.25) is 10.1 Å². The Morgan fingerprint density at radius 1 is 1.44 bits per heavy atom. The molecule has 1 fully saturated rings. The van der Waals surface area contributed by atoms with Crippen molar-refractivity contribution in [3.63, 3.8) is 0 Å². The number of hydrogen-bond donors (Lipinski definition) is 0. The summed E-state index contributed by atoms with van der Waals surface area (Å²) < 4.78 is 1.90. The maximum absolute atomic E-state index is 4.65. The number of imidazole rings is 1. The number of hydrogen-bond acceptors (Lipinski definition) is 4. The Balaban J connectivity index is 1.93. The lowest BCUT2D eigenvalue weighted by atomic mass is 9.70. The molecule has 0 saturated carbocycles. The molecule has 0 aromatic carbocycles. The Morgan fingerprint density at radius 2 is 2.17 bits per heavy atom. The predicted molar refractivity (Wildman–Crippen MR) is 75.4 cm³/mol. The van der Waals surface area contributed by atoms with Crippen molar-refractivity contribution >= 4 is 21.4 Å². The zero-order valence-electron chi connectivity index (χ0n) is 11.6. The molecule has 2 aromatic rings. The third-order valence-electron chi connectivity index (χ3n) is 3.74. The van der Waals surface area contributed by atoms with Gasteiger partial charge in [0.05, 0.1) is 11.9 Å². The summed E-state index contributed by atoms with van der Waals surface area (Å²) in [6, 6.07) is 0.578. The number of rotatable bonds is 2. The summed E-state index contributed by atoms with van der Waals surface area (Å²) in [6.45, 7) is 12.4. The van der Waals surface area contributed by atoms with E-state index in [0.29, 0.717) is 17.4 Å². The highest BCUT2D eigenvalue weighted by molar-refractivity contribution is 7.20. The second-order valence-corrected chi connectivity index (χ2v) is 7.23. The largest absolute Gasteiger partial charge is 0.342 e. The van der Waals surface area contributed by atoms with Crippen molar-refractivity contribution in [2.24, 2.45) is 11.3 Å². The molecule has 0 N–H and O–H groups in total. The van der Waals surface area contributed by atoms with Gasteiger partial charge in [-0.1, -0.05) is 39.0 Å². The fraction of sp³-hybridized carbons (Fsp3) is 0.692. The van der Waals surface area contributed by atoms with Gasteiger partial charge in [0.1, 0.15) is 0 Å². The van der Waals surface area contributed by atoms with E-state index in [4.69, 9.17) is 0 Å². The second-order valence-electron chi connectivity index (χ2n) is 6.30. The van der Waals surface area contributed by atoms with Crippen LogP contribution in [0.1, 0.15) is 33.4 Å². The van der Waals surface area contributed by atoms with E-state index in [0.717, 1.165) is 22.3 Å². The molecule has 0 bridgehead atoms. The molecule has 1 atom stereocenters. The number of fused-ring (bicyclic) bond motifs is 1. The number of aryl methyl sites for hydroxylation is 1. The molecule has 0 radical (unpaired) electrons. The molecule has 5 heteroatoms. The van der Waals surface area contributed by atoms with Crippen LogP contribution in [0, 0.1) is 18.3 Å². The first kappa shape index (κ1) is 12.0. The van der Waals surface area contributed by atoms with E-state index in [1.54, 1.807) is 11.3 Å². The van der Waals surface area contributed by atoms with Crippen molar-refractivity contribution < 1.29 is 0 Å². The molecular formula is C13H20N4S. The van der Waals surface area contributed by atoms with E-state index in [1.807, 2.05) is 17.6 Å². The molecule has 1 saturated heterocycles. The van der Waals surface area contributed by atoms with Crippen LogP contribution in [0.15, 0.2) is 6.20 Å². The summed E-state index contributed by atoms with van der Waals surface area (Å²) in [5.74, 6) is 0.645. The van der Waals surface area contributed by atoms with E-state index in [-0.39, 0.29) is 0 Å². The van der Waals surface area contributed by atoms with Crippen LogP contribution >= 0.6 is 11.3 Å². The van der Waals surface area contributed by atoms with Crippen LogP contribution < -0.4 is 4.90 Å². The van der Waals surface area contributed by atoms with Gasteiger partial charge >= 0.3 is 0 Å². The number of nitrogens with zero attached hydrogens (tertiary/aromatic N) is 4. The Bertz CT molecular complexity index is 549. The molecule has 3 heterocycles. The normalized spacial score (nSPS) is 22.8. The van der Waals surface area contributed by atoms with Crippen molar-refractivity contribution in [3.05, 3.63) is 11.9 Å². The Labute approximate surface area is 112 Å². The highest BCUT2D eigenvalue weighted by atomic mass is 32.1. The van der Waals surface area contributed by atoms with Crippen LogP contribution in [-0.2, 0) is 0 Å². The zero-order valence-corrected chi connectivity index (χ0v) is 12.5. The molecule has 1 aliphatic rings. The Hall–Kier alpha value is -1.10. The highest BCUT2D eigenvalue weighted by Crippen LogP contribution is 2.44. The molecule has 1 unspecified atom stereocenters. The quantitative estimate of drug-likeness (QED) is 0.836. The van der Waals surface area contributed by atoms with E-state index in [1.165, 1.54) is 0 Å². The van der Waals surface area contributed by atoms with Crippen LogP contribution in [0.5, 0.6) is 0 Å². The highest BCUT2D eigenvalue weighted by Gasteiger charge is 2.48. The second kappa shape index (κ2) is 3.70. The Morgan fingerprint density at radius 3 is 2.72 bits per heavy atom. The van der Waals surface area contributed by atoms with E-state index < -0.39 is 0 Å². The average Bonchev–Trinajstić information content (AvgIpc) is 2.69. The molecule has 98 valence electrons. The molecule has 3 rings (SSSR count). The van der Waals surface area contributed by atoms with Crippen molar-refractivity contribution in [2.75, 3.05) is 11.4 Å². The maximum atomic E-state index is 4.65. The lowest BCUT2D eigenvalue weighted by molar-refractivity contribution is 0.135. The van der Waals surface area contributed by atoms with Gasteiger partial charge in [-0.15, -0.1) is 5.10 Å². The van der Waals surface area contributed by atoms with Crippen LogP contribution in [0.2, 0.25) is 0 Å². The number of anilines is 1. The van der Waals surface area contributed by atoms with Crippen molar-refractivity contribution in [1.82, 2.24) is 14.6 Å². The van der Waals surface area contributed by atoms with E-state index in [2.05, 4.69) is 42.7 Å². The van der Waals surface area contributed by atoms with Gasteiger partial charge in [-0.25, -0.2) is 9.50 Å². The monoisotopic (exact) mass is 264 g/mol. The summed E-state index contributed by atoms with van der Waals surface area (Å²) >= 11 is 1.69. The van der Waals surface area contributed by atoms with Gasteiger partial charge < -0.3 is 4.90 Å². The van der Waals surface area contributed by atoms with Gasteiger partial charge in [0, 0.05) is 18.0 Å². The number of aromatic nitrogens is 3. The minimum Gasteiger partial charge on any atom is -0.342 e. The SMILES string of the molecule is Cc1cn2nc(N3CC(C)(C)C3C(C)C)sc2n1. The van der Waals surface area contributed by atoms with Crippen LogP contribution in [0.4, 0.5) is 5.13 Å². The van der Waals surface area contributed by atoms with Crippen LogP contribution in [0.25, 0.3) is 4.96 Å². The van der Waals surface area contributed by atoms with Gasteiger partial charge in [-0.05, 0) is 12.8 Å². The van der Waals surface area contributed by atoms with Crippen molar-refractivity contribution in [3.8, 4) is 0 Å². The Kier molecular flexibility index (Phi) is 2.46. The smallest absolute Gasteiger partial charge is 0.214 e. The zero-order chi connectivity index (χ0) is 13.1. The first-order valence-corrected chi connectivity index (χ1v) is 7.29. The fourth-order valence-electron chi connectivity index (χ4n) is 3.30. The minimum atomic E-state index is 0.387. The summed E-state index contributed by atoms with van der Waals surface area (Å²) in [4.78, 5) is 7.90. The molecule has 0 spiro atoms. The third-order valence-corrected chi connectivity index (χ3v) is 4.70. The lowest BCUT2D eigenvalue weighted by Crippen LogP contribution is -2.64. The van der Waals surface area contributed by atoms with E-state index >= 15 is 0 Å². The predicted octanol–water partition coefficient (Wildman–Crippen LogP) is 2.97. The maximum Gasteiger partial charge on any atom is 0.214 e. The van der Waals surface area contributed by atoms with Crippen LogP contribution in [0.3, 0.4) is 0 Å². The summed E-state index contributed by atoms with van der Waals surface area (Å²) in [6.07, 6.45) is 1.99. The molecule has 2 aromatic heterocycles. The fourth-order valence-corrected chi connectivity index (χ4v) is 4.27. The van der Waals surface area contributed by atoms with Gasteiger partial charge in [-0.2, -0.15) is 0 Å². The van der Waals surface area contributed by atoms with Crippen molar-refractivity contribution in [1.29, 1.82) is 0 Å². The van der Waals surface area contributed by atoms with Crippen LogP contribution in [-0.4, -0.2) is 27.2 Å². The molecule has 4 nitrogen and oxygen atoms in total. The first-order chi connectivity index (χ1) is 8.38. The molecule has 18 heavy (non-hydrogen) atoms. The molecule has 0 aliphatic carbocycles. The third kappa shape index (κ3) is 1.64. The van der Waals surface area contributed by atoms with Crippen molar-refractivity contribution in [2.45, 2.75) is 40.7 Å². The van der Waals surface area contributed by atoms with Gasteiger partial charge in [0.25, 0.3) is 0 Å². The van der Waals surface area contributed by atoms with E-state index in [9.17, 15) is 0 Å². The summed E-state index contributed by atoms with van der Waals surface area (Å²) in [5, 5.41) is 5.76.